The minimum atomic E-state index is -4.40. The van der Waals surface area contributed by atoms with E-state index in [0.717, 1.165) is 6.92 Å². The number of aliphatic hydroxyl groups excluding tert-OH is 6. The van der Waals surface area contributed by atoms with Gasteiger partial charge >= 0.3 is 7.82 Å². The Morgan fingerprint density at radius 1 is 0.691 bits per heavy atom. The second-order valence-electron chi connectivity index (χ2n) is 18.6. The normalized spacial score (nSPS) is 27.3. The molecule has 2 saturated heterocycles. The Morgan fingerprint density at radius 3 is 1.69 bits per heavy atom. The van der Waals surface area contributed by atoms with Crippen LogP contribution in [0.25, 0.3) is 0 Å². The Kier molecular flexibility index (Phi) is 26.4. The van der Waals surface area contributed by atoms with Gasteiger partial charge in [-0.25, -0.2) is 4.57 Å². The number of phosphoric ester groups is 1. The van der Waals surface area contributed by atoms with E-state index in [2.05, 4.69) is 26.6 Å². The highest BCUT2D eigenvalue weighted by atomic mass is 31.2. The monoisotopic (exact) mass is 1010 g/mol. The van der Waals surface area contributed by atoms with Gasteiger partial charge in [0.05, 0.1) is 51.3 Å². The van der Waals surface area contributed by atoms with Gasteiger partial charge in [0.25, 0.3) is 0 Å². The quantitative estimate of drug-likeness (QED) is 0.0256. The topological polar surface area (TPSA) is 378 Å². The van der Waals surface area contributed by atoms with Crippen LogP contribution in [-0.4, -0.2) is 210 Å². The Hall–Kier alpha value is -3.02. The van der Waals surface area contributed by atoms with Gasteiger partial charge in [-0.3, -0.25) is 33.0 Å². The van der Waals surface area contributed by atoms with Crippen LogP contribution in [0, 0.1) is 5.41 Å². The minimum absolute atomic E-state index is 0.00493. The molecule has 2 aliphatic heterocycles. The zero-order valence-corrected chi connectivity index (χ0v) is 41.0. The molecule has 2 fully saturated rings. The molecule has 1 unspecified atom stereocenters. The number of hydrogen-bond donors (Lipinski definition) is 12. The minimum Gasteiger partial charge on any atom is -0.394 e. The van der Waals surface area contributed by atoms with E-state index in [1.165, 1.54) is 6.92 Å². The summed E-state index contributed by atoms with van der Waals surface area (Å²) in [5.41, 5.74) is -1.19. The maximum atomic E-state index is 13.4. The molecule has 0 aromatic carbocycles. The van der Waals surface area contributed by atoms with Gasteiger partial charge in [0, 0.05) is 26.9 Å². The van der Waals surface area contributed by atoms with Crippen molar-refractivity contribution in [2.24, 2.45) is 5.41 Å². The van der Waals surface area contributed by atoms with Crippen molar-refractivity contribution in [1.82, 2.24) is 26.6 Å². The van der Waals surface area contributed by atoms with E-state index >= 15 is 0 Å². The number of hydrogen-bond acceptors (Lipinski definition) is 20. The molecule has 0 radical (unpaired) electrons. The van der Waals surface area contributed by atoms with E-state index in [-0.39, 0.29) is 57.8 Å². The first kappa shape index (κ1) is 61.1. The Labute approximate surface area is 396 Å². The van der Waals surface area contributed by atoms with E-state index in [1.807, 2.05) is 20.8 Å². The molecule has 0 aromatic rings. The zero-order valence-electron chi connectivity index (χ0n) is 40.1. The summed E-state index contributed by atoms with van der Waals surface area (Å²) in [5, 5.41) is 73.2. The Bertz CT molecular complexity index is 1620. The number of carbonyl (C=O) groups is 5. The third-order valence-corrected chi connectivity index (χ3v) is 11.2. The van der Waals surface area contributed by atoms with Crippen molar-refractivity contribution < 1.29 is 102 Å². The maximum Gasteiger partial charge on any atom is 0.473 e. The zero-order chi connectivity index (χ0) is 51.4. The number of unbranched alkanes of at least 4 members (excludes halogenated alkanes) is 1. The molecule has 27 heteroatoms. The van der Waals surface area contributed by atoms with E-state index in [0.29, 0.717) is 12.8 Å². The van der Waals surface area contributed by atoms with Crippen LogP contribution in [0.4, 0.5) is 0 Å². The second kappa shape index (κ2) is 29.4. The molecule has 13 atom stereocenters. The van der Waals surface area contributed by atoms with E-state index < -0.39 is 143 Å². The van der Waals surface area contributed by atoms with Crippen LogP contribution >= 0.6 is 7.82 Å². The molecule has 2 heterocycles. The molecule has 5 amide bonds. The van der Waals surface area contributed by atoms with Crippen molar-refractivity contribution in [2.75, 3.05) is 65.9 Å². The van der Waals surface area contributed by atoms with Crippen molar-refractivity contribution in [3.63, 3.8) is 0 Å². The van der Waals surface area contributed by atoms with E-state index in [4.69, 9.17) is 37.5 Å². The van der Waals surface area contributed by atoms with Gasteiger partial charge in [-0.2, -0.15) is 0 Å². The molecular weight excluding hydrogens is 929 g/mol. The molecule has 2 rings (SSSR count). The molecule has 68 heavy (non-hydrogen) atoms. The van der Waals surface area contributed by atoms with Crippen LogP contribution in [0.2, 0.25) is 0 Å². The number of phosphoric acid groups is 1. The summed E-state index contributed by atoms with van der Waals surface area (Å²) in [6, 6.07) is -3.72. The fraction of sp³-hybridized carbons (Fsp3) is 0.878. The average Bonchev–Trinajstić information content (AvgIpc) is 3.21. The number of rotatable bonds is 29. The predicted molar refractivity (Wildman–Crippen MR) is 236 cm³/mol. The molecule has 0 aromatic heterocycles. The Morgan fingerprint density at radius 2 is 1.21 bits per heavy atom. The van der Waals surface area contributed by atoms with Gasteiger partial charge in [0.2, 0.25) is 29.5 Å². The van der Waals surface area contributed by atoms with Gasteiger partial charge < -0.3 is 90.5 Å². The first-order chi connectivity index (χ1) is 31.7. The van der Waals surface area contributed by atoms with Crippen molar-refractivity contribution in [2.45, 2.75) is 160 Å². The second-order valence-corrected chi connectivity index (χ2v) is 19.9. The predicted octanol–water partition coefficient (Wildman–Crippen LogP) is -3.44. The highest BCUT2D eigenvalue weighted by molar-refractivity contribution is 7.47. The van der Waals surface area contributed by atoms with Gasteiger partial charge in [-0.05, 0) is 51.9 Å². The van der Waals surface area contributed by atoms with Gasteiger partial charge in [-0.1, -0.05) is 20.8 Å². The summed E-state index contributed by atoms with van der Waals surface area (Å²) in [6.07, 6.45) is -11.5. The fourth-order valence-electron chi connectivity index (χ4n) is 6.97. The Balaban J connectivity index is 1.97. The lowest BCUT2D eigenvalue weighted by atomic mass is 9.89. The fourth-order valence-corrected chi connectivity index (χ4v) is 8.22. The van der Waals surface area contributed by atoms with Crippen LogP contribution in [0.5, 0.6) is 0 Å². The summed E-state index contributed by atoms with van der Waals surface area (Å²) in [7, 11) is -4.40. The molecule has 26 nitrogen and oxygen atoms in total. The standard InChI is InChI=1S/C41H76N5O21P/c1-23(49)44-31-35(55)33(53)27(18-47)64-38(31)62-21-29(51)42-12-10-9-11-26(46-30(52)22-63-39-32(45-24(2)50)36(56)34(54)28(19-48)65-39)37(57)43-13-14-60-15-16-61-20-25(17-40(3,4)5)66-68(58,59)67-41(6,7)8/h25-28,31-36,38-39,47-48,53-56H,9-22H2,1-8H3,(H,42,51)(H,43,57)(H,44,49)(H,45,50)(H,46,52)(H,58,59)/t25-,26+,27-,28-,31-,32-,33+,34+,35-,36-,38-,39-/m1/s1. The number of nitrogens with one attached hydrogen (secondary N) is 5. The van der Waals surface area contributed by atoms with Crippen molar-refractivity contribution in [3.05, 3.63) is 0 Å². The number of carbonyl (C=O) groups excluding carboxylic acids is 5. The van der Waals surface area contributed by atoms with Gasteiger partial charge in [-0.15, -0.1) is 0 Å². The first-order valence-electron chi connectivity index (χ1n) is 22.4. The van der Waals surface area contributed by atoms with Crippen molar-refractivity contribution in [1.29, 1.82) is 0 Å². The van der Waals surface area contributed by atoms with Crippen LogP contribution < -0.4 is 26.6 Å². The van der Waals surface area contributed by atoms with Crippen LogP contribution in [0.15, 0.2) is 0 Å². The van der Waals surface area contributed by atoms with Crippen LogP contribution in [0.1, 0.15) is 81.1 Å². The highest BCUT2D eigenvalue weighted by Gasteiger charge is 2.47. The summed E-state index contributed by atoms with van der Waals surface area (Å²) in [5.74, 6) is -3.22. The molecule has 0 saturated carbocycles. The summed E-state index contributed by atoms with van der Waals surface area (Å²) in [6.45, 7) is 10.6. The molecule has 0 aliphatic carbocycles. The highest BCUT2D eigenvalue weighted by Crippen LogP contribution is 2.49. The van der Waals surface area contributed by atoms with Crippen molar-refractivity contribution >= 4 is 37.4 Å². The summed E-state index contributed by atoms with van der Waals surface area (Å²) in [4.78, 5) is 72.9. The number of amides is 5. The van der Waals surface area contributed by atoms with Crippen molar-refractivity contribution in [3.8, 4) is 0 Å². The molecule has 396 valence electrons. The van der Waals surface area contributed by atoms with Crippen LogP contribution in [-0.2, 0) is 66.0 Å². The maximum absolute atomic E-state index is 13.4. The average molecular weight is 1010 g/mol. The number of ether oxygens (including phenoxy) is 6. The third-order valence-electron chi connectivity index (χ3n) is 9.89. The summed E-state index contributed by atoms with van der Waals surface area (Å²) >= 11 is 0. The molecule has 0 bridgehead atoms. The molecule has 12 N–H and O–H groups in total. The SMILES string of the molecule is CC(=O)N[C@H]1[C@H](OCC(=O)NCCCC[C@H](NC(=O)CO[C@@H]2O[C@H](CO)[C@H](O)[C@H](O)[C@H]2NC(C)=O)C(=O)NCCOCCOC[C@@H](CC(C)(C)C)OP(=O)(O)OC(C)(C)C)O[C@H](CO)[C@H](O)[C@@H]1O. The largest absolute Gasteiger partial charge is 0.473 e. The molecule has 2 aliphatic rings. The number of aliphatic hydroxyl groups is 6. The lowest BCUT2D eigenvalue weighted by molar-refractivity contribution is -0.268. The lowest BCUT2D eigenvalue weighted by Crippen LogP contribution is -2.64. The molecular formula is C41H76N5O21P. The first-order valence-corrected chi connectivity index (χ1v) is 23.9. The van der Waals surface area contributed by atoms with Gasteiger partial charge in [0.1, 0.15) is 68.0 Å². The lowest BCUT2D eigenvalue weighted by Gasteiger charge is -2.42. The molecule has 0 spiro atoms. The van der Waals surface area contributed by atoms with E-state index in [9.17, 15) is 64.1 Å². The third kappa shape index (κ3) is 23.3. The summed E-state index contributed by atoms with van der Waals surface area (Å²) < 4.78 is 56.4. The smallest absolute Gasteiger partial charge is 0.394 e. The van der Waals surface area contributed by atoms with Gasteiger partial charge in [0.15, 0.2) is 12.6 Å². The van der Waals surface area contributed by atoms with Crippen LogP contribution in [0.3, 0.4) is 0 Å². The van der Waals surface area contributed by atoms with E-state index in [1.54, 1.807) is 20.8 Å².